The van der Waals surface area contributed by atoms with Crippen molar-refractivity contribution in [2.24, 2.45) is 0 Å². The van der Waals surface area contributed by atoms with E-state index in [1.54, 1.807) is 6.92 Å². The van der Waals surface area contributed by atoms with Crippen LogP contribution >= 0.6 is 0 Å². The quantitative estimate of drug-likeness (QED) is 0.841. The zero-order chi connectivity index (χ0) is 13.3. The zero-order valence-corrected chi connectivity index (χ0v) is 11.2. The molecule has 1 unspecified atom stereocenters. The van der Waals surface area contributed by atoms with Gasteiger partial charge in [-0.25, -0.2) is 4.79 Å². The van der Waals surface area contributed by atoms with E-state index in [0.29, 0.717) is 12.0 Å². The van der Waals surface area contributed by atoms with Crippen LogP contribution in [0.2, 0.25) is 0 Å². The van der Waals surface area contributed by atoms with Crippen LogP contribution in [0, 0.1) is 0 Å². The summed E-state index contributed by atoms with van der Waals surface area (Å²) < 4.78 is 0. The van der Waals surface area contributed by atoms with Crippen molar-refractivity contribution in [3.05, 3.63) is 35.4 Å². The lowest BCUT2D eigenvalue weighted by atomic mass is 9.90. The molecule has 0 amide bonds. The number of nitrogens with one attached hydrogen (secondary N) is 1. The minimum absolute atomic E-state index is 0.357. The Morgan fingerprint density at radius 2 is 1.89 bits per heavy atom. The number of hydrogen-bond donors (Lipinski definition) is 2. The maximum absolute atomic E-state index is 11.5. The highest BCUT2D eigenvalue weighted by atomic mass is 16.4. The first-order chi connectivity index (χ1) is 8.43. The molecule has 2 N–H and O–H groups in total. The van der Waals surface area contributed by atoms with Gasteiger partial charge in [0.2, 0.25) is 0 Å². The highest BCUT2D eigenvalue weighted by Gasteiger charge is 2.39. The number of hydrogen-bond acceptors (Lipinski definition) is 2. The number of benzene rings is 1. The van der Waals surface area contributed by atoms with Crippen LogP contribution in [0.5, 0.6) is 0 Å². The third kappa shape index (κ3) is 2.56. The molecule has 0 spiro atoms. The van der Waals surface area contributed by atoms with Crippen LogP contribution in [-0.4, -0.2) is 17.1 Å². The smallest absolute Gasteiger partial charge is 0.328 e. The maximum atomic E-state index is 11.5. The Bertz CT molecular complexity index is 434. The Morgan fingerprint density at radius 1 is 1.33 bits per heavy atom. The number of carboxylic acids is 1. The molecule has 0 radical (unpaired) electrons. The number of aliphatic carboxylic acids is 1. The fourth-order valence-corrected chi connectivity index (χ4v) is 2.11. The molecule has 0 heterocycles. The molecular weight excluding hydrogens is 226 g/mol. The Hall–Kier alpha value is -1.35. The molecule has 1 aromatic carbocycles. The number of carbonyl (C=O) groups is 1. The predicted molar refractivity (Wildman–Crippen MR) is 71.7 cm³/mol. The van der Waals surface area contributed by atoms with Gasteiger partial charge in [-0.15, -0.1) is 0 Å². The van der Waals surface area contributed by atoms with Crippen molar-refractivity contribution in [1.82, 2.24) is 5.32 Å². The average Bonchev–Trinajstić information content (AvgIpc) is 3.12. The third-order valence-corrected chi connectivity index (χ3v) is 3.65. The van der Waals surface area contributed by atoms with Gasteiger partial charge < -0.3 is 5.11 Å². The summed E-state index contributed by atoms with van der Waals surface area (Å²) in [6, 6.07) is 8.26. The minimum Gasteiger partial charge on any atom is -0.480 e. The largest absolute Gasteiger partial charge is 0.480 e. The van der Waals surface area contributed by atoms with E-state index in [2.05, 4.69) is 19.2 Å². The van der Waals surface area contributed by atoms with E-state index in [4.69, 9.17) is 0 Å². The van der Waals surface area contributed by atoms with Gasteiger partial charge in [-0.1, -0.05) is 38.1 Å². The zero-order valence-electron chi connectivity index (χ0n) is 11.2. The van der Waals surface area contributed by atoms with Gasteiger partial charge in [-0.05, 0) is 36.8 Å². The predicted octanol–water partition coefficient (Wildman–Crippen LogP) is 2.86. The van der Waals surface area contributed by atoms with Gasteiger partial charge in [0.25, 0.3) is 0 Å². The van der Waals surface area contributed by atoms with Crippen molar-refractivity contribution in [2.45, 2.75) is 51.1 Å². The molecule has 1 aliphatic rings. The fraction of sp³-hybridized carbons (Fsp3) is 0.533. The lowest BCUT2D eigenvalue weighted by molar-refractivity contribution is -0.144. The molecule has 0 aromatic heterocycles. The Kier molecular flexibility index (Phi) is 3.44. The van der Waals surface area contributed by atoms with Gasteiger partial charge in [0.1, 0.15) is 5.54 Å². The molecule has 1 fully saturated rings. The fourth-order valence-electron chi connectivity index (χ4n) is 2.11. The van der Waals surface area contributed by atoms with Gasteiger partial charge in [-0.2, -0.15) is 0 Å². The third-order valence-electron chi connectivity index (χ3n) is 3.65. The molecule has 1 atom stereocenters. The van der Waals surface area contributed by atoms with Gasteiger partial charge in [-0.3, -0.25) is 5.32 Å². The van der Waals surface area contributed by atoms with Crippen LogP contribution < -0.4 is 5.32 Å². The van der Waals surface area contributed by atoms with Crippen LogP contribution in [0.15, 0.2) is 24.3 Å². The van der Waals surface area contributed by atoms with Crippen LogP contribution in [0.25, 0.3) is 0 Å². The Balaban J connectivity index is 2.27. The van der Waals surface area contributed by atoms with E-state index >= 15 is 0 Å². The molecule has 2 rings (SSSR count). The molecule has 0 aliphatic heterocycles. The summed E-state index contributed by atoms with van der Waals surface area (Å²) in [4.78, 5) is 11.5. The normalized spacial score (nSPS) is 18.7. The van der Waals surface area contributed by atoms with E-state index in [-0.39, 0.29) is 0 Å². The van der Waals surface area contributed by atoms with Gasteiger partial charge in [0.05, 0.1) is 0 Å². The van der Waals surface area contributed by atoms with Gasteiger partial charge >= 0.3 is 5.97 Å². The van der Waals surface area contributed by atoms with Crippen LogP contribution in [-0.2, 0) is 10.3 Å². The first kappa shape index (κ1) is 13.1. The van der Waals surface area contributed by atoms with Crippen molar-refractivity contribution < 1.29 is 9.90 Å². The molecule has 1 aromatic rings. The molecule has 0 saturated heterocycles. The van der Waals surface area contributed by atoms with E-state index in [1.807, 2.05) is 24.3 Å². The highest BCUT2D eigenvalue weighted by molar-refractivity contribution is 5.80. The topological polar surface area (TPSA) is 49.3 Å². The summed E-state index contributed by atoms with van der Waals surface area (Å²) in [6.07, 6.45) is 2.15. The van der Waals surface area contributed by atoms with Gasteiger partial charge in [0, 0.05) is 6.04 Å². The first-order valence-corrected chi connectivity index (χ1v) is 6.55. The lowest BCUT2D eigenvalue weighted by Crippen LogP contribution is -2.47. The molecule has 1 saturated carbocycles. The second kappa shape index (κ2) is 4.73. The van der Waals surface area contributed by atoms with Crippen LogP contribution in [0.3, 0.4) is 0 Å². The average molecular weight is 247 g/mol. The summed E-state index contributed by atoms with van der Waals surface area (Å²) in [5, 5.41) is 12.7. The summed E-state index contributed by atoms with van der Waals surface area (Å²) >= 11 is 0. The summed E-state index contributed by atoms with van der Waals surface area (Å²) in [6.45, 7) is 6.01. The van der Waals surface area contributed by atoms with E-state index in [9.17, 15) is 9.90 Å². The van der Waals surface area contributed by atoms with Gasteiger partial charge in [0.15, 0.2) is 0 Å². The van der Waals surface area contributed by atoms with E-state index in [0.717, 1.165) is 18.4 Å². The number of carboxylic acid groups (broad SMARTS) is 1. The summed E-state index contributed by atoms with van der Waals surface area (Å²) in [5.41, 5.74) is 1.08. The van der Waals surface area contributed by atoms with Crippen LogP contribution in [0.1, 0.15) is 50.7 Å². The molecule has 3 heteroatoms. The molecule has 1 aliphatic carbocycles. The lowest BCUT2D eigenvalue weighted by Gasteiger charge is -2.27. The molecule has 98 valence electrons. The molecule has 18 heavy (non-hydrogen) atoms. The summed E-state index contributed by atoms with van der Waals surface area (Å²) in [7, 11) is 0. The molecule has 0 bridgehead atoms. The minimum atomic E-state index is -0.976. The van der Waals surface area contributed by atoms with Crippen molar-refractivity contribution in [2.75, 3.05) is 0 Å². The van der Waals surface area contributed by atoms with Crippen molar-refractivity contribution in [3.8, 4) is 0 Å². The van der Waals surface area contributed by atoms with E-state index < -0.39 is 11.5 Å². The maximum Gasteiger partial charge on any atom is 0.328 e. The van der Waals surface area contributed by atoms with Crippen molar-refractivity contribution >= 4 is 5.97 Å². The van der Waals surface area contributed by atoms with Crippen molar-refractivity contribution in [1.29, 1.82) is 0 Å². The monoisotopic (exact) mass is 247 g/mol. The first-order valence-electron chi connectivity index (χ1n) is 6.55. The van der Waals surface area contributed by atoms with E-state index in [1.165, 1.54) is 5.56 Å². The Morgan fingerprint density at radius 3 is 2.28 bits per heavy atom. The number of rotatable bonds is 5. The highest BCUT2D eigenvalue weighted by Crippen LogP contribution is 2.29. The molecule has 3 nitrogen and oxygen atoms in total. The summed E-state index contributed by atoms with van der Waals surface area (Å²) in [5.74, 6) is -0.349. The second-order valence-corrected chi connectivity index (χ2v) is 5.63. The Labute approximate surface area is 108 Å². The van der Waals surface area contributed by atoms with Crippen LogP contribution in [0.4, 0.5) is 0 Å². The SMILES string of the molecule is CC(C)c1ccc(C(C)(NC2CC2)C(=O)O)cc1. The van der Waals surface area contributed by atoms with Crippen molar-refractivity contribution in [3.63, 3.8) is 0 Å². The second-order valence-electron chi connectivity index (χ2n) is 5.63. The standard InChI is InChI=1S/C15H21NO2/c1-10(2)11-4-6-12(7-5-11)15(3,14(17)18)16-13-8-9-13/h4-7,10,13,16H,8-9H2,1-3H3,(H,17,18). The molecular formula is C15H21NO2.